The van der Waals surface area contributed by atoms with Crippen molar-refractivity contribution in [2.45, 2.75) is 38.9 Å². The lowest BCUT2D eigenvalue weighted by Gasteiger charge is -2.28. The molecular weight excluding hydrogens is 266 g/mol. The average Bonchev–Trinajstić information content (AvgIpc) is 2.46. The minimum Gasteiger partial charge on any atom is -0.345 e. The van der Waals surface area contributed by atoms with E-state index in [0.29, 0.717) is 0 Å². The number of hydrogen-bond acceptors (Lipinski definition) is 2. The molecule has 20 heavy (non-hydrogen) atoms. The summed E-state index contributed by atoms with van der Waals surface area (Å²) >= 11 is 0. The summed E-state index contributed by atoms with van der Waals surface area (Å²) in [6, 6.07) is 2.83. The van der Waals surface area contributed by atoms with E-state index in [0.717, 1.165) is 6.07 Å². The molecule has 1 aromatic rings. The fourth-order valence-corrected chi connectivity index (χ4v) is 2.29. The molecule has 1 heterocycles. The summed E-state index contributed by atoms with van der Waals surface area (Å²) in [6.45, 7) is 3.24. The van der Waals surface area contributed by atoms with Gasteiger partial charge in [0.05, 0.1) is 0 Å². The number of rotatable bonds is 2. The van der Waals surface area contributed by atoms with Crippen molar-refractivity contribution in [1.82, 2.24) is 10.2 Å². The minimum absolute atomic E-state index is 0.0527. The quantitative estimate of drug-likeness (QED) is 0.895. The molecule has 1 aliphatic rings. The topological polar surface area (TPSA) is 49.4 Å². The molecule has 2 rings (SSSR count). The van der Waals surface area contributed by atoms with Crippen LogP contribution in [0.2, 0.25) is 0 Å². The van der Waals surface area contributed by atoms with Gasteiger partial charge in [0.25, 0.3) is 0 Å². The maximum Gasteiger partial charge on any atom is 0.245 e. The van der Waals surface area contributed by atoms with Crippen molar-refractivity contribution in [3.05, 3.63) is 35.4 Å². The first-order chi connectivity index (χ1) is 9.40. The van der Waals surface area contributed by atoms with Gasteiger partial charge in [0.2, 0.25) is 11.8 Å². The smallest absolute Gasteiger partial charge is 0.245 e. The van der Waals surface area contributed by atoms with Crippen LogP contribution < -0.4 is 5.32 Å². The summed E-state index contributed by atoms with van der Waals surface area (Å²) in [5.74, 6) is -2.42. The van der Waals surface area contributed by atoms with E-state index in [1.807, 2.05) is 0 Å². The number of carbonyl (C=O) groups is 2. The van der Waals surface area contributed by atoms with Crippen LogP contribution in [-0.4, -0.2) is 28.8 Å². The van der Waals surface area contributed by atoms with E-state index in [2.05, 4.69) is 5.32 Å². The largest absolute Gasteiger partial charge is 0.345 e. The summed E-state index contributed by atoms with van der Waals surface area (Å²) in [4.78, 5) is 25.1. The third-order valence-electron chi connectivity index (χ3n) is 3.42. The van der Waals surface area contributed by atoms with Crippen LogP contribution in [0.4, 0.5) is 8.78 Å². The Kier molecular flexibility index (Phi) is 4.01. The van der Waals surface area contributed by atoms with Gasteiger partial charge in [0.15, 0.2) is 11.6 Å². The third-order valence-corrected chi connectivity index (χ3v) is 3.42. The molecule has 108 valence electrons. The first-order valence-electron chi connectivity index (χ1n) is 6.43. The number of nitrogens with one attached hydrogen (secondary N) is 1. The van der Waals surface area contributed by atoms with Crippen molar-refractivity contribution in [3.63, 3.8) is 0 Å². The Balaban J connectivity index is 2.27. The Morgan fingerprint density at radius 2 is 2.00 bits per heavy atom. The molecule has 1 saturated heterocycles. The van der Waals surface area contributed by atoms with Crippen LogP contribution in [0.15, 0.2) is 18.2 Å². The van der Waals surface area contributed by atoms with Crippen molar-refractivity contribution in [2.24, 2.45) is 0 Å². The minimum atomic E-state index is -0.955. The van der Waals surface area contributed by atoms with Gasteiger partial charge in [-0.2, -0.15) is 0 Å². The summed E-state index contributed by atoms with van der Waals surface area (Å²) in [6.07, 6.45) is 0.146. The van der Waals surface area contributed by atoms with Gasteiger partial charge in [-0.25, -0.2) is 8.78 Å². The zero-order valence-corrected chi connectivity index (χ0v) is 11.3. The molecule has 0 bridgehead atoms. The first kappa shape index (κ1) is 14.4. The number of hydrogen-bond donors (Lipinski definition) is 1. The Bertz CT molecular complexity index is 548. The Hall–Kier alpha value is -1.98. The van der Waals surface area contributed by atoms with Gasteiger partial charge < -0.3 is 10.2 Å². The molecule has 4 nitrogen and oxygen atoms in total. The predicted octanol–water partition coefficient (Wildman–Crippen LogP) is 1.59. The highest BCUT2D eigenvalue weighted by Gasteiger charge is 2.31. The molecule has 1 N–H and O–H groups in total. The van der Waals surface area contributed by atoms with Crippen molar-refractivity contribution in [2.75, 3.05) is 0 Å². The number of carbonyl (C=O) groups excluding carboxylic acids is 2. The van der Waals surface area contributed by atoms with E-state index in [1.165, 1.54) is 17.0 Å². The molecule has 0 radical (unpaired) electrons. The molecule has 2 amide bonds. The zero-order chi connectivity index (χ0) is 14.9. The number of amides is 2. The van der Waals surface area contributed by atoms with Crippen molar-refractivity contribution in [1.29, 1.82) is 0 Å². The van der Waals surface area contributed by atoms with Crippen LogP contribution >= 0.6 is 0 Å². The highest BCUT2D eigenvalue weighted by Crippen LogP contribution is 2.18. The molecule has 2 atom stereocenters. The van der Waals surface area contributed by atoms with Gasteiger partial charge in [0, 0.05) is 24.6 Å². The van der Waals surface area contributed by atoms with Crippen LogP contribution in [0.5, 0.6) is 0 Å². The average molecular weight is 282 g/mol. The second kappa shape index (κ2) is 5.56. The van der Waals surface area contributed by atoms with Crippen molar-refractivity contribution < 1.29 is 18.4 Å². The molecule has 1 aromatic carbocycles. The van der Waals surface area contributed by atoms with Crippen LogP contribution in [0.25, 0.3) is 0 Å². The maximum absolute atomic E-state index is 13.7. The van der Waals surface area contributed by atoms with E-state index in [-0.39, 0.29) is 36.4 Å². The van der Waals surface area contributed by atoms with Gasteiger partial charge >= 0.3 is 0 Å². The van der Waals surface area contributed by atoms with E-state index in [9.17, 15) is 18.4 Å². The molecule has 0 spiro atoms. The Labute approximate surface area is 115 Å². The molecule has 0 aliphatic carbocycles. The SMILES string of the molecule is CC1NC(=O)CC(C)N(Cc2cccc(F)c2F)C1=O. The van der Waals surface area contributed by atoms with Crippen molar-refractivity contribution >= 4 is 11.8 Å². The third kappa shape index (κ3) is 2.79. The summed E-state index contributed by atoms with van der Waals surface area (Å²) < 4.78 is 26.9. The Morgan fingerprint density at radius 1 is 1.30 bits per heavy atom. The lowest BCUT2D eigenvalue weighted by Crippen LogP contribution is -2.44. The molecule has 0 saturated carbocycles. The number of nitrogens with zero attached hydrogens (tertiary/aromatic N) is 1. The Morgan fingerprint density at radius 3 is 2.70 bits per heavy atom. The van der Waals surface area contributed by atoms with Gasteiger partial charge in [-0.3, -0.25) is 9.59 Å². The second-order valence-electron chi connectivity index (χ2n) is 5.02. The molecule has 0 aromatic heterocycles. The van der Waals surface area contributed by atoms with Gasteiger partial charge in [0.1, 0.15) is 6.04 Å². The normalized spacial score (nSPS) is 23.5. The summed E-state index contributed by atoms with van der Waals surface area (Å²) in [7, 11) is 0. The van der Waals surface area contributed by atoms with E-state index in [1.54, 1.807) is 13.8 Å². The maximum atomic E-state index is 13.7. The predicted molar refractivity (Wildman–Crippen MR) is 68.6 cm³/mol. The number of halogens is 2. The van der Waals surface area contributed by atoms with Gasteiger partial charge in [-0.05, 0) is 19.9 Å². The van der Waals surface area contributed by atoms with E-state index >= 15 is 0 Å². The summed E-state index contributed by atoms with van der Waals surface area (Å²) in [5, 5.41) is 2.57. The lowest BCUT2D eigenvalue weighted by molar-refractivity contribution is -0.135. The van der Waals surface area contributed by atoms with Crippen LogP contribution in [0.3, 0.4) is 0 Å². The van der Waals surface area contributed by atoms with Crippen molar-refractivity contribution in [3.8, 4) is 0 Å². The second-order valence-corrected chi connectivity index (χ2v) is 5.02. The summed E-state index contributed by atoms with van der Waals surface area (Å²) in [5.41, 5.74) is 0.103. The molecule has 1 fully saturated rings. The monoisotopic (exact) mass is 282 g/mol. The number of benzene rings is 1. The molecule has 1 aliphatic heterocycles. The van der Waals surface area contributed by atoms with Gasteiger partial charge in [-0.15, -0.1) is 0 Å². The lowest BCUT2D eigenvalue weighted by atomic mass is 10.1. The fraction of sp³-hybridized carbons (Fsp3) is 0.429. The highest BCUT2D eigenvalue weighted by molar-refractivity contribution is 5.90. The van der Waals surface area contributed by atoms with Gasteiger partial charge in [-0.1, -0.05) is 12.1 Å². The van der Waals surface area contributed by atoms with Crippen LogP contribution in [0.1, 0.15) is 25.8 Å². The van der Waals surface area contributed by atoms with E-state index < -0.39 is 17.7 Å². The van der Waals surface area contributed by atoms with Crippen LogP contribution in [-0.2, 0) is 16.1 Å². The highest BCUT2D eigenvalue weighted by atomic mass is 19.2. The van der Waals surface area contributed by atoms with E-state index in [4.69, 9.17) is 0 Å². The first-order valence-corrected chi connectivity index (χ1v) is 6.43. The fourth-order valence-electron chi connectivity index (χ4n) is 2.29. The zero-order valence-electron chi connectivity index (χ0n) is 11.3. The molecule has 6 heteroatoms. The molecular formula is C14H16F2N2O2. The standard InChI is InChI=1S/C14H16F2N2O2/c1-8-6-12(19)17-9(2)14(20)18(8)7-10-4-3-5-11(15)13(10)16/h3-5,8-9H,6-7H2,1-2H3,(H,17,19). The molecule has 2 unspecified atom stereocenters. The van der Waals surface area contributed by atoms with Crippen LogP contribution in [0, 0.1) is 11.6 Å².